The van der Waals surface area contributed by atoms with Crippen molar-refractivity contribution in [1.82, 2.24) is 0 Å². The zero-order valence-corrected chi connectivity index (χ0v) is 5.38. The van der Waals surface area contributed by atoms with Crippen molar-refractivity contribution < 1.29 is 24.2 Å². The molecule has 0 saturated heterocycles. The maximum atomic E-state index is 4.61. The Kier molecular flexibility index (Phi) is 786. The van der Waals surface area contributed by atoms with Crippen LogP contribution >= 0.6 is 9.42 Å². The van der Waals surface area contributed by atoms with Crippen LogP contribution in [0.1, 0.15) is 0 Å². The van der Waals surface area contributed by atoms with Crippen molar-refractivity contribution >= 4 is 9.42 Å². The van der Waals surface area contributed by atoms with Gasteiger partial charge in [0.25, 0.3) is 0 Å². The van der Waals surface area contributed by atoms with Gasteiger partial charge in [-0.1, -0.05) is 0 Å². The second kappa shape index (κ2) is 98.2. The van der Waals surface area contributed by atoms with Crippen LogP contribution in [0.15, 0.2) is 0 Å². The van der Waals surface area contributed by atoms with Gasteiger partial charge in [-0.25, -0.2) is 0 Å². The molecule has 3 nitrogen and oxygen atoms in total. The maximum Gasteiger partial charge on any atom is -0.693 e. The van der Waals surface area contributed by atoms with Crippen LogP contribution in [0.5, 0.6) is 0 Å². The van der Waals surface area contributed by atoms with Gasteiger partial charge in [-0.2, -0.15) is 0 Å². The summed E-state index contributed by atoms with van der Waals surface area (Å²) >= 11 is 1.61. The Balaban J connectivity index is -0.00000000167. The summed E-state index contributed by atoms with van der Waals surface area (Å²) in [5, 5.41) is 0. The van der Waals surface area contributed by atoms with Crippen molar-refractivity contribution in [2.24, 2.45) is 0 Å². The van der Waals surface area contributed by atoms with Crippen molar-refractivity contribution in [1.29, 1.82) is 0 Å². The van der Waals surface area contributed by atoms with Gasteiger partial charge in [0.2, 0.25) is 0 Å². The van der Waals surface area contributed by atoms with E-state index in [1.807, 2.05) is 0 Å². The number of hydrogen-bond acceptors (Lipinski definition) is 0. The molecule has 0 aromatic heterocycles. The molecular formula is H6ClN2OPt-2. The van der Waals surface area contributed by atoms with Crippen molar-refractivity contribution in [3.8, 4) is 0 Å². The summed E-state index contributed by atoms with van der Waals surface area (Å²) in [4.78, 5) is 0. The van der Waals surface area contributed by atoms with Crippen molar-refractivity contribution in [3.63, 3.8) is 0 Å². The molecule has 5 heteroatoms. The van der Waals surface area contributed by atoms with E-state index in [1.165, 1.54) is 0 Å². The van der Waals surface area contributed by atoms with Crippen LogP contribution in [0, 0.1) is 0 Å². The van der Waals surface area contributed by atoms with E-state index >= 15 is 0 Å². The summed E-state index contributed by atoms with van der Waals surface area (Å²) in [6, 6.07) is 0. The van der Waals surface area contributed by atoms with E-state index in [0.717, 1.165) is 0 Å². The molecule has 0 bridgehead atoms. The van der Waals surface area contributed by atoms with Crippen molar-refractivity contribution in [3.05, 3.63) is 12.3 Å². The largest absolute Gasteiger partial charge is 0.693 e. The third kappa shape index (κ3) is 53.9. The molecule has 0 aliphatic rings. The SMILES string of the molecule is O.[Cl][Pt].[NH2-].[NH2-]. The summed E-state index contributed by atoms with van der Waals surface area (Å²) in [6.07, 6.45) is 0. The zero-order valence-electron chi connectivity index (χ0n) is 2.35. The van der Waals surface area contributed by atoms with Crippen molar-refractivity contribution in [2.45, 2.75) is 0 Å². The maximum absolute atomic E-state index is 4.61. The molecule has 0 amide bonds. The molecule has 0 aliphatic heterocycles. The molecular weight excluding hydrogens is 275 g/mol. The minimum Gasteiger partial charge on any atom is -0.693 e. The second-order valence-corrected chi connectivity index (χ2v) is 0. The number of hydrogen-bond donors (Lipinski definition) is 0. The number of nitrogens with two attached hydrogens (primary N) is 2. The third-order valence-electron chi connectivity index (χ3n) is 0. The molecule has 0 rings (SSSR count). The Labute approximate surface area is 46.4 Å². The molecule has 41 valence electrons. The van der Waals surface area contributed by atoms with Crippen LogP contribution in [-0.2, 0) is 18.8 Å². The minimum atomic E-state index is 0. The second-order valence-electron chi connectivity index (χ2n) is 0. The molecule has 0 aromatic rings. The van der Waals surface area contributed by atoms with Gasteiger partial charge >= 0.3 is 28.2 Å². The van der Waals surface area contributed by atoms with Gasteiger partial charge in [0.05, 0.1) is 0 Å². The van der Waals surface area contributed by atoms with Crippen LogP contribution in [-0.4, -0.2) is 5.48 Å². The number of rotatable bonds is 0. The first-order valence-corrected chi connectivity index (χ1v) is 2.94. The normalized spacial score (nSPS) is 1.40. The van der Waals surface area contributed by atoms with Gasteiger partial charge in [-0.05, 0) is 0 Å². The predicted octanol–water partition coefficient (Wildman–Crippen LogP) is 1.30. The quantitative estimate of drug-likeness (QED) is 0.639. The molecule has 0 saturated carbocycles. The molecule has 0 atom stereocenters. The summed E-state index contributed by atoms with van der Waals surface area (Å²) < 4.78 is 0. The Bertz CT molecular complexity index is 9.61. The standard InChI is InChI=1S/ClH.2H2N.H2O.Pt/h1H;3*1H2;/q;2*-1;;+1/p-1. The molecule has 0 aromatic carbocycles. The molecule has 6 N–H and O–H groups in total. The van der Waals surface area contributed by atoms with E-state index < -0.39 is 0 Å². The molecule has 0 unspecified atom stereocenters. The fourth-order valence-corrected chi connectivity index (χ4v) is 0. The molecule has 0 heterocycles. The van der Waals surface area contributed by atoms with Gasteiger partial charge in [0.15, 0.2) is 0 Å². The van der Waals surface area contributed by atoms with Gasteiger partial charge in [0, 0.05) is 0 Å². The van der Waals surface area contributed by atoms with E-state index in [-0.39, 0.29) is 17.8 Å². The molecule has 0 aliphatic carbocycles. The minimum absolute atomic E-state index is 0. The van der Waals surface area contributed by atoms with E-state index in [4.69, 9.17) is 0 Å². The monoisotopic (exact) mass is 280 g/mol. The van der Waals surface area contributed by atoms with E-state index in [1.54, 1.807) is 18.8 Å². The van der Waals surface area contributed by atoms with E-state index in [9.17, 15) is 0 Å². The van der Waals surface area contributed by atoms with Gasteiger partial charge < -0.3 is 17.8 Å². The van der Waals surface area contributed by atoms with Crippen LogP contribution < -0.4 is 0 Å². The fourth-order valence-electron chi connectivity index (χ4n) is 0. The average molecular weight is 281 g/mol. The van der Waals surface area contributed by atoms with Crippen LogP contribution in [0.4, 0.5) is 0 Å². The van der Waals surface area contributed by atoms with Gasteiger partial charge in [-0.15, -0.1) is 0 Å². The first-order chi connectivity index (χ1) is 1.00. The summed E-state index contributed by atoms with van der Waals surface area (Å²) in [7, 11) is 4.61. The van der Waals surface area contributed by atoms with Crippen LogP contribution in [0.25, 0.3) is 12.3 Å². The predicted molar refractivity (Wildman–Crippen MR) is 20.0 cm³/mol. The first-order valence-electron chi connectivity index (χ1n) is 0.120. The van der Waals surface area contributed by atoms with Crippen LogP contribution in [0.2, 0.25) is 0 Å². The third-order valence-corrected chi connectivity index (χ3v) is 0. The fraction of sp³-hybridized carbons (Fsp3) is 0. The summed E-state index contributed by atoms with van der Waals surface area (Å²) in [5.41, 5.74) is 0. The summed E-state index contributed by atoms with van der Waals surface area (Å²) in [5.74, 6) is 0. The van der Waals surface area contributed by atoms with Gasteiger partial charge in [0.1, 0.15) is 0 Å². The first kappa shape index (κ1) is 40.0. The van der Waals surface area contributed by atoms with E-state index in [2.05, 4.69) is 9.42 Å². The Morgan fingerprint density at radius 2 is 1.00 bits per heavy atom. The Morgan fingerprint density at radius 1 is 1.00 bits per heavy atom. The number of halogens is 1. The molecule has 0 radical (unpaired) electrons. The Morgan fingerprint density at radius 3 is 1.00 bits per heavy atom. The smallest absolute Gasteiger partial charge is 0.693 e. The topological polar surface area (TPSA) is 98.5 Å². The Hall–Kier alpha value is 0.858. The summed E-state index contributed by atoms with van der Waals surface area (Å²) in [6.45, 7) is 0. The van der Waals surface area contributed by atoms with Gasteiger partial charge in [-0.3, -0.25) is 0 Å². The molecule has 0 spiro atoms. The zero-order chi connectivity index (χ0) is 2.00. The van der Waals surface area contributed by atoms with Crippen LogP contribution in [0.3, 0.4) is 0 Å². The molecule has 5 heavy (non-hydrogen) atoms. The molecule has 0 fully saturated rings. The van der Waals surface area contributed by atoms with Crippen molar-refractivity contribution in [2.75, 3.05) is 0 Å². The van der Waals surface area contributed by atoms with E-state index in [0.29, 0.717) is 0 Å². The average Bonchev–Trinajstić information content (AvgIpc) is 1.00.